The van der Waals surface area contributed by atoms with Gasteiger partial charge in [0.15, 0.2) is 0 Å². The Kier molecular flexibility index (Phi) is 9.00. The minimum Gasteiger partial charge on any atom is -0.481 e. The summed E-state index contributed by atoms with van der Waals surface area (Å²) in [6.45, 7) is 4.96. The van der Waals surface area contributed by atoms with Crippen molar-refractivity contribution in [1.82, 2.24) is 10.2 Å². The second kappa shape index (κ2) is 9.70. The van der Waals surface area contributed by atoms with Gasteiger partial charge in [-0.05, 0) is 19.8 Å². The molecule has 0 aliphatic carbocycles. The van der Waals surface area contributed by atoms with Gasteiger partial charge in [0, 0.05) is 26.2 Å². The molecule has 0 bridgehead atoms. The number of hydrogen-bond donors (Lipinski definition) is 3. The van der Waals surface area contributed by atoms with Crippen LogP contribution in [-0.2, 0) is 4.79 Å². The van der Waals surface area contributed by atoms with E-state index in [1.54, 1.807) is 4.90 Å². The lowest BCUT2D eigenvalue weighted by Crippen LogP contribution is -2.43. The normalized spacial score (nSPS) is 11.9. The van der Waals surface area contributed by atoms with Gasteiger partial charge in [-0.25, -0.2) is 4.79 Å². The van der Waals surface area contributed by atoms with Crippen molar-refractivity contribution in [2.45, 2.75) is 33.1 Å². The predicted molar refractivity (Wildman–Crippen MR) is 68.4 cm³/mol. The quantitative estimate of drug-likeness (QED) is 0.574. The van der Waals surface area contributed by atoms with Crippen LogP contribution in [0.3, 0.4) is 0 Å². The smallest absolute Gasteiger partial charge is 0.317 e. The second-order valence-electron chi connectivity index (χ2n) is 4.17. The van der Waals surface area contributed by atoms with Crippen LogP contribution < -0.4 is 5.32 Å². The maximum atomic E-state index is 11.8. The first-order valence-corrected chi connectivity index (χ1v) is 6.43. The molecule has 2 amide bonds. The van der Waals surface area contributed by atoms with Crippen LogP contribution in [0.25, 0.3) is 0 Å². The Morgan fingerprint density at radius 1 is 1.33 bits per heavy atom. The number of rotatable bonds is 9. The van der Waals surface area contributed by atoms with Crippen molar-refractivity contribution in [3.05, 3.63) is 0 Å². The minimum atomic E-state index is -0.879. The highest BCUT2D eigenvalue weighted by Gasteiger charge is 2.18. The Labute approximate surface area is 108 Å². The Balaban J connectivity index is 4.15. The van der Waals surface area contributed by atoms with Gasteiger partial charge < -0.3 is 20.4 Å². The lowest BCUT2D eigenvalue weighted by atomic mass is 10.0. The standard InChI is InChI=1S/C12H24N2O4/c1-3-6-10(11(16)17)9-13-12(18)14(4-2)7-5-8-15/h10,15H,3-9H2,1-2H3,(H,13,18)(H,16,17). The van der Waals surface area contributed by atoms with Crippen molar-refractivity contribution in [2.75, 3.05) is 26.2 Å². The van der Waals surface area contributed by atoms with Gasteiger partial charge in [-0.15, -0.1) is 0 Å². The summed E-state index contributed by atoms with van der Waals surface area (Å²) in [5, 5.41) is 20.3. The van der Waals surface area contributed by atoms with Crippen LogP contribution in [0.4, 0.5) is 4.79 Å². The molecule has 18 heavy (non-hydrogen) atoms. The van der Waals surface area contributed by atoms with Crippen LogP contribution >= 0.6 is 0 Å². The van der Waals surface area contributed by atoms with Gasteiger partial charge in [0.2, 0.25) is 0 Å². The number of aliphatic carboxylic acids is 1. The fraction of sp³-hybridized carbons (Fsp3) is 0.833. The molecule has 106 valence electrons. The van der Waals surface area contributed by atoms with Gasteiger partial charge >= 0.3 is 12.0 Å². The molecule has 1 unspecified atom stereocenters. The number of carbonyl (C=O) groups excluding carboxylic acids is 1. The van der Waals surface area contributed by atoms with Gasteiger partial charge in [-0.2, -0.15) is 0 Å². The minimum absolute atomic E-state index is 0.0391. The number of nitrogens with one attached hydrogen (secondary N) is 1. The highest BCUT2D eigenvalue weighted by molar-refractivity contribution is 5.76. The number of amides is 2. The number of aliphatic hydroxyl groups excluding tert-OH is 1. The van der Waals surface area contributed by atoms with Gasteiger partial charge in [0.25, 0.3) is 0 Å². The summed E-state index contributed by atoms with van der Waals surface area (Å²) >= 11 is 0. The summed E-state index contributed by atoms with van der Waals surface area (Å²) in [7, 11) is 0. The molecule has 0 fully saturated rings. The zero-order valence-electron chi connectivity index (χ0n) is 11.2. The number of carboxylic acids is 1. The number of carbonyl (C=O) groups is 2. The van der Waals surface area contributed by atoms with Crippen molar-refractivity contribution in [1.29, 1.82) is 0 Å². The topological polar surface area (TPSA) is 89.9 Å². The maximum absolute atomic E-state index is 11.8. The fourth-order valence-corrected chi connectivity index (χ4v) is 1.65. The highest BCUT2D eigenvalue weighted by atomic mass is 16.4. The molecule has 3 N–H and O–H groups in total. The number of hydrogen-bond acceptors (Lipinski definition) is 3. The molecule has 0 aromatic carbocycles. The SMILES string of the molecule is CCCC(CNC(=O)N(CC)CCCO)C(=O)O. The summed E-state index contributed by atoms with van der Waals surface area (Å²) in [6.07, 6.45) is 1.85. The molecule has 0 aromatic rings. The van der Waals surface area contributed by atoms with E-state index in [0.717, 1.165) is 6.42 Å². The van der Waals surface area contributed by atoms with E-state index >= 15 is 0 Å². The monoisotopic (exact) mass is 260 g/mol. The van der Waals surface area contributed by atoms with Crippen molar-refractivity contribution in [3.8, 4) is 0 Å². The zero-order chi connectivity index (χ0) is 14.0. The third-order valence-electron chi connectivity index (χ3n) is 2.74. The maximum Gasteiger partial charge on any atom is 0.317 e. The zero-order valence-corrected chi connectivity index (χ0v) is 11.2. The van der Waals surface area contributed by atoms with E-state index in [9.17, 15) is 9.59 Å². The Morgan fingerprint density at radius 3 is 2.44 bits per heavy atom. The molecule has 0 rings (SSSR count). The molecule has 6 heteroatoms. The summed E-state index contributed by atoms with van der Waals surface area (Å²) < 4.78 is 0. The van der Waals surface area contributed by atoms with E-state index in [2.05, 4.69) is 5.32 Å². The molecule has 0 heterocycles. The summed E-state index contributed by atoms with van der Waals surface area (Å²) in [5.41, 5.74) is 0. The number of carboxylic acid groups (broad SMARTS) is 1. The molecule has 0 spiro atoms. The second-order valence-corrected chi connectivity index (χ2v) is 4.17. The van der Waals surface area contributed by atoms with E-state index < -0.39 is 11.9 Å². The summed E-state index contributed by atoms with van der Waals surface area (Å²) in [6, 6.07) is -0.270. The molecule has 0 radical (unpaired) electrons. The van der Waals surface area contributed by atoms with Crippen LogP contribution in [0.15, 0.2) is 0 Å². The van der Waals surface area contributed by atoms with E-state index in [1.807, 2.05) is 13.8 Å². The lowest BCUT2D eigenvalue weighted by molar-refractivity contribution is -0.141. The molecule has 6 nitrogen and oxygen atoms in total. The molecule has 0 saturated heterocycles. The van der Waals surface area contributed by atoms with Gasteiger partial charge in [0.05, 0.1) is 5.92 Å². The van der Waals surface area contributed by atoms with Crippen molar-refractivity contribution in [2.24, 2.45) is 5.92 Å². The Bertz CT molecular complexity index is 258. The van der Waals surface area contributed by atoms with Crippen LogP contribution in [0.1, 0.15) is 33.1 Å². The fourth-order valence-electron chi connectivity index (χ4n) is 1.65. The van der Waals surface area contributed by atoms with Crippen LogP contribution in [0, 0.1) is 5.92 Å². The predicted octanol–water partition coefficient (Wildman–Crippen LogP) is 0.901. The first kappa shape index (κ1) is 16.7. The van der Waals surface area contributed by atoms with Crippen LogP contribution in [0.5, 0.6) is 0 Å². The van der Waals surface area contributed by atoms with Crippen molar-refractivity contribution in [3.63, 3.8) is 0 Å². The van der Waals surface area contributed by atoms with E-state index in [4.69, 9.17) is 10.2 Å². The van der Waals surface area contributed by atoms with E-state index in [1.165, 1.54) is 0 Å². The van der Waals surface area contributed by atoms with Crippen molar-refractivity contribution >= 4 is 12.0 Å². The summed E-state index contributed by atoms with van der Waals surface area (Å²) in [5.74, 6) is -1.41. The van der Waals surface area contributed by atoms with Gasteiger partial charge in [0.1, 0.15) is 0 Å². The molecular formula is C12H24N2O4. The Hall–Kier alpha value is -1.30. The summed E-state index contributed by atoms with van der Waals surface area (Å²) in [4.78, 5) is 24.2. The molecule has 0 aromatic heterocycles. The molecule has 0 aliphatic heterocycles. The molecular weight excluding hydrogens is 236 g/mol. The molecule has 1 atom stereocenters. The molecule has 0 aliphatic rings. The lowest BCUT2D eigenvalue weighted by Gasteiger charge is -2.22. The average Bonchev–Trinajstić information content (AvgIpc) is 2.34. The highest BCUT2D eigenvalue weighted by Crippen LogP contribution is 2.05. The third-order valence-corrected chi connectivity index (χ3v) is 2.74. The number of aliphatic hydroxyl groups is 1. The van der Waals surface area contributed by atoms with Crippen LogP contribution in [0.2, 0.25) is 0 Å². The van der Waals surface area contributed by atoms with Crippen molar-refractivity contribution < 1.29 is 19.8 Å². The third kappa shape index (κ3) is 6.44. The van der Waals surface area contributed by atoms with Gasteiger partial charge in [-0.3, -0.25) is 4.79 Å². The number of nitrogens with zero attached hydrogens (tertiary/aromatic N) is 1. The van der Waals surface area contributed by atoms with E-state index in [0.29, 0.717) is 25.9 Å². The molecule has 0 saturated carbocycles. The number of urea groups is 1. The first-order valence-electron chi connectivity index (χ1n) is 6.43. The largest absolute Gasteiger partial charge is 0.481 e. The van der Waals surface area contributed by atoms with Crippen LogP contribution in [-0.4, -0.2) is 53.4 Å². The van der Waals surface area contributed by atoms with Gasteiger partial charge in [-0.1, -0.05) is 13.3 Å². The Morgan fingerprint density at radius 2 is 2.00 bits per heavy atom. The van der Waals surface area contributed by atoms with E-state index in [-0.39, 0.29) is 19.2 Å². The average molecular weight is 260 g/mol. The first-order chi connectivity index (χ1) is 8.56.